The number of ether oxygens (including phenoxy) is 1. The highest BCUT2D eigenvalue weighted by Crippen LogP contribution is 2.58. The SMILES string of the molecule is C=C(CCCO)C(=O)OC(F)(F)C(F)(F)C(F)(F)C(F)(F)C(F)(F)CCC(F)(F)F. The van der Waals surface area contributed by atoms with Crippen LogP contribution in [0.3, 0.4) is 0 Å². The minimum atomic E-state index is -7.68. The van der Waals surface area contributed by atoms with Crippen molar-refractivity contribution in [2.75, 3.05) is 6.61 Å². The zero-order valence-electron chi connectivity index (χ0n) is 14.4. The van der Waals surface area contributed by atoms with Crippen LogP contribution in [-0.2, 0) is 9.53 Å². The van der Waals surface area contributed by atoms with E-state index in [2.05, 4.69) is 11.3 Å². The van der Waals surface area contributed by atoms with Gasteiger partial charge in [-0.3, -0.25) is 0 Å². The lowest BCUT2D eigenvalue weighted by atomic mass is 9.95. The lowest BCUT2D eigenvalue weighted by Crippen LogP contribution is -2.68. The third kappa shape index (κ3) is 5.69. The second kappa shape index (κ2) is 8.78. The molecule has 0 aromatic rings. The van der Waals surface area contributed by atoms with Crippen molar-refractivity contribution >= 4 is 5.97 Å². The van der Waals surface area contributed by atoms with Gasteiger partial charge in [-0.2, -0.15) is 57.1 Å². The number of rotatable bonds is 11. The number of aliphatic hydroxyl groups is 1. The Morgan fingerprint density at radius 1 is 0.767 bits per heavy atom. The first-order valence-electron chi connectivity index (χ1n) is 7.55. The molecule has 0 atom stereocenters. The second-order valence-corrected chi connectivity index (χ2v) is 5.88. The van der Waals surface area contributed by atoms with Crippen LogP contribution in [0.5, 0.6) is 0 Å². The fourth-order valence-electron chi connectivity index (χ4n) is 1.71. The Hall–Kier alpha value is -1.74. The van der Waals surface area contributed by atoms with E-state index in [1.165, 1.54) is 0 Å². The van der Waals surface area contributed by atoms with E-state index in [0.29, 0.717) is 0 Å². The molecule has 0 aromatic carbocycles. The number of hydrogen-bond acceptors (Lipinski definition) is 3. The molecule has 0 saturated carbocycles. The molecule has 16 heteroatoms. The number of alkyl halides is 13. The van der Waals surface area contributed by atoms with Gasteiger partial charge >= 0.3 is 41.9 Å². The molecular formula is C14H13F13O3. The van der Waals surface area contributed by atoms with Crippen molar-refractivity contribution in [2.24, 2.45) is 0 Å². The van der Waals surface area contributed by atoms with E-state index in [4.69, 9.17) is 5.11 Å². The average molecular weight is 476 g/mol. The Labute approximate surface area is 159 Å². The predicted molar refractivity (Wildman–Crippen MR) is 71.6 cm³/mol. The number of aliphatic hydroxyl groups excluding tert-OH is 1. The van der Waals surface area contributed by atoms with Crippen molar-refractivity contribution in [3.8, 4) is 0 Å². The third-order valence-electron chi connectivity index (χ3n) is 3.48. The van der Waals surface area contributed by atoms with Crippen molar-refractivity contribution in [3.05, 3.63) is 12.2 Å². The summed E-state index contributed by atoms with van der Waals surface area (Å²) < 4.78 is 172. The van der Waals surface area contributed by atoms with E-state index in [1.807, 2.05) is 0 Å². The summed E-state index contributed by atoms with van der Waals surface area (Å²) in [6, 6.07) is 0. The van der Waals surface area contributed by atoms with Crippen LogP contribution < -0.4 is 0 Å². The molecule has 0 amide bonds. The van der Waals surface area contributed by atoms with Gasteiger partial charge in [0, 0.05) is 25.0 Å². The minimum absolute atomic E-state index is 0.366. The first-order chi connectivity index (χ1) is 13.1. The van der Waals surface area contributed by atoms with Crippen LogP contribution in [0.15, 0.2) is 12.2 Å². The summed E-state index contributed by atoms with van der Waals surface area (Å²) >= 11 is 0. The van der Waals surface area contributed by atoms with Crippen LogP contribution in [0.2, 0.25) is 0 Å². The van der Waals surface area contributed by atoms with Crippen LogP contribution in [0, 0.1) is 0 Å². The molecule has 0 aliphatic carbocycles. The van der Waals surface area contributed by atoms with Crippen molar-refractivity contribution in [1.29, 1.82) is 0 Å². The highest BCUT2D eigenvalue weighted by atomic mass is 19.4. The number of hydrogen-bond donors (Lipinski definition) is 1. The topological polar surface area (TPSA) is 46.5 Å². The zero-order valence-corrected chi connectivity index (χ0v) is 14.4. The fraction of sp³-hybridized carbons (Fsp3) is 0.786. The van der Waals surface area contributed by atoms with E-state index in [-0.39, 0.29) is 6.42 Å². The zero-order chi connectivity index (χ0) is 24.4. The minimum Gasteiger partial charge on any atom is -0.396 e. The van der Waals surface area contributed by atoms with Crippen molar-refractivity contribution in [2.45, 2.75) is 61.7 Å². The molecule has 0 aromatic heterocycles. The summed E-state index contributed by atoms with van der Waals surface area (Å²) in [7, 11) is 0. The fourth-order valence-corrected chi connectivity index (χ4v) is 1.71. The van der Waals surface area contributed by atoms with Crippen LogP contribution >= 0.6 is 0 Å². The van der Waals surface area contributed by atoms with Gasteiger partial charge in [-0.1, -0.05) is 6.58 Å². The summed E-state index contributed by atoms with van der Waals surface area (Å²) in [5.74, 6) is -31.6. The van der Waals surface area contributed by atoms with Gasteiger partial charge in [0.1, 0.15) is 0 Å². The van der Waals surface area contributed by atoms with Gasteiger partial charge in [0.05, 0.1) is 0 Å². The van der Waals surface area contributed by atoms with Gasteiger partial charge in [-0.05, 0) is 12.8 Å². The molecule has 0 aliphatic rings. The van der Waals surface area contributed by atoms with E-state index in [0.717, 1.165) is 0 Å². The molecule has 0 fully saturated rings. The molecular weight excluding hydrogens is 463 g/mol. The van der Waals surface area contributed by atoms with Crippen molar-refractivity contribution < 1.29 is 71.7 Å². The second-order valence-electron chi connectivity index (χ2n) is 5.88. The van der Waals surface area contributed by atoms with Gasteiger partial charge in [0.2, 0.25) is 0 Å². The van der Waals surface area contributed by atoms with Crippen LogP contribution in [0.1, 0.15) is 25.7 Å². The monoisotopic (exact) mass is 476 g/mol. The maximum Gasteiger partial charge on any atom is 0.473 e. The van der Waals surface area contributed by atoms with Crippen molar-refractivity contribution in [1.82, 2.24) is 0 Å². The van der Waals surface area contributed by atoms with E-state index >= 15 is 0 Å². The van der Waals surface area contributed by atoms with Crippen molar-refractivity contribution in [3.63, 3.8) is 0 Å². The lowest BCUT2D eigenvalue weighted by Gasteiger charge is -2.38. The molecule has 1 N–H and O–H groups in total. The lowest BCUT2D eigenvalue weighted by molar-refractivity contribution is -0.437. The number of carbonyl (C=O) groups excluding carboxylic acids is 1. The highest BCUT2D eigenvalue weighted by Gasteiger charge is 2.87. The van der Waals surface area contributed by atoms with Gasteiger partial charge in [-0.25, -0.2) is 4.79 Å². The largest absolute Gasteiger partial charge is 0.473 e. The molecule has 0 radical (unpaired) electrons. The molecule has 3 nitrogen and oxygen atoms in total. The molecule has 0 spiro atoms. The summed E-state index contributed by atoms with van der Waals surface area (Å²) in [5.41, 5.74) is -1.09. The molecule has 0 unspecified atom stereocenters. The Balaban J connectivity index is 5.84. The maximum absolute atomic E-state index is 13.5. The maximum atomic E-state index is 13.5. The van der Waals surface area contributed by atoms with E-state index in [1.54, 1.807) is 0 Å². The third-order valence-corrected chi connectivity index (χ3v) is 3.48. The summed E-state index contributed by atoms with van der Waals surface area (Å²) in [6.07, 6.45) is -19.4. The first-order valence-corrected chi connectivity index (χ1v) is 7.55. The Bertz CT molecular complexity index is 625. The van der Waals surface area contributed by atoms with Gasteiger partial charge in [0.25, 0.3) is 0 Å². The number of esters is 1. The Morgan fingerprint density at radius 3 is 1.63 bits per heavy atom. The smallest absolute Gasteiger partial charge is 0.396 e. The van der Waals surface area contributed by atoms with Gasteiger partial charge < -0.3 is 9.84 Å². The number of carbonyl (C=O) groups is 1. The first kappa shape index (κ1) is 28.3. The number of halogens is 13. The molecule has 0 bridgehead atoms. The van der Waals surface area contributed by atoms with E-state index < -0.39 is 73.4 Å². The average Bonchev–Trinajstić information content (AvgIpc) is 2.56. The highest BCUT2D eigenvalue weighted by molar-refractivity contribution is 5.87. The van der Waals surface area contributed by atoms with Crippen LogP contribution in [0.4, 0.5) is 57.1 Å². The quantitative estimate of drug-likeness (QED) is 0.249. The summed E-state index contributed by atoms with van der Waals surface area (Å²) in [4.78, 5) is 11.2. The predicted octanol–water partition coefficient (Wildman–Crippen LogP) is 5.33. The molecule has 0 saturated heterocycles. The Kier molecular flexibility index (Phi) is 8.27. The van der Waals surface area contributed by atoms with Crippen LogP contribution in [0.25, 0.3) is 0 Å². The molecule has 0 aliphatic heterocycles. The van der Waals surface area contributed by atoms with Gasteiger partial charge in [-0.15, -0.1) is 0 Å². The molecule has 0 rings (SSSR count). The standard InChI is InChI=1S/C14H13F13O3/c1-7(3-2-6-28)8(29)30-14(26,27)13(24,25)12(22,23)11(20,21)9(15,16)4-5-10(17,18)19/h28H,1-6H2. The molecule has 0 heterocycles. The van der Waals surface area contributed by atoms with Gasteiger partial charge in [0.15, 0.2) is 0 Å². The Morgan fingerprint density at radius 2 is 1.23 bits per heavy atom. The van der Waals surface area contributed by atoms with E-state index in [9.17, 15) is 61.9 Å². The molecule has 178 valence electrons. The summed E-state index contributed by atoms with van der Waals surface area (Å²) in [6.45, 7) is 2.06. The van der Waals surface area contributed by atoms with Crippen LogP contribution in [-0.4, -0.2) is 53.7 Å². The molecule has 30 heavy (non-hydrogen) atoms. The normalized spacial score (nSPS) is 14.6. The summed E-state index contributed by atoms with van der Waals surface area (Å²) in [5, 5.41) is 8.44.